The van der Waals surface area contributed by atoms with Crippen molar-refractivity contribution in [2.24, 2.45) is 0 Å². The molecule has 2 aromatic heterocycles. The van der Waals surface area contributed by atoms with E-state index in [4.69, 9.17) is 5.73 Å². The van der Waals surface area contributed by atoms with Crippen molar-refractivity contribution in [2.75, 3.05) is 5.73 Å². The molecule has 0 bridgehead atoms. The van der Waals surface area contributed by atoms with Crippen LogP contribution in [0.2, 0.25) is 0 Å². The Bertz CT molecular complexity index is 852. The van der Waals surface area contributed by atoms with Gasteiger partial charge < -0.3 is 10.3 Å². The summed E-state index contributed by atoms with van der Waals surface area (Å²) < 4.78 is 14.8. The number of benzene rings is 1. The lowest BCUT2D eigenvalue weighted by molar-refractivity contribution is 0.625. The molecule has 0 amide bonds. The van der Waals surface area contributed by atoms with E-state index in [2.05, 4.69) is 15.0 Å². The number of hydrogen-bond donors (Lipinski definition) is 2. The Morgan fingerprint density at radius 1 is 1.45 bits per heavy atom. The van der Waals surface area contributed by atoms with E-state index in [9.17, 15) is 9.18 Å². The van der Waals surface area contributed by atoms with Gasteiger partial charge in [-0.2, -0.15) is 4.98 Å². The summed E-state index contributed by atoms with van der Waals surface area (Å²) in [6.07, 6.45) is 1.52. The van der Waals surface area contributed by atoms with Gasteiger partial charge in [0.05, 0.1) is 12.9 Å². The molecule has 3 rings (SSSR count). The van der Waals surface area contributed by atoms with Crippen LogP contribution in [0.25, 0.3) is 11.2 Å². The third kappa shape index (κ3) is 2.03. The number of nitrogens with two attached hydrogens (primary N) is 1. The minimum absolute atomic E-state index is 0.0417. The zero-order valence-electron chi connectivity index (χ0n) is 10.7. The van der Waals surface area contributed by atoms with Crippen molar-refractivity contribution in [3.8, 4) is 0 Å². The highest BCUT2D eigenvalue weighted by Gasteiger charge is 2.10. The van der Waals surface area contributed by atoms with Gasteiger partial charge in [0.15, 0.2) is 11.2 Å². The summed E-state index contributed by atoms with van der Waals surface area (Å²) in [5.41, 5.74) is 7.56. The summed E-state index contributed by atoms with van der Waals surface area (Å²) in [7, 11) is 0. The van der Waals surface area contributed by atoms with E-state index in [0.29, 0.717) is 12.2 Å². The number of hydrogen-bond acceptors (Lipinski definition) is 4. The number of fused-ring (bicyclic) bond motifs is 1. The highest BCUT2D eigenvalue weighted by molar-refractivity contribution is 5.70. The van der Waals surface area contributed by atoms with Crippen LogP contribution >= 0.6 is 0 Å². The molecule has 0 atom stereocenters. The lowest BCUT2D eigenvalue weighted by Gasteiger charge is -2.07. The summed E-state index contributed by atoms with van der Waals surface area (Å²) in [5, 5.41) is 0. The smallest absolute Gasteiger partial charge is 0.280 e. The normalized spacial score (nSPS) is 11.1. The first-order valence-corrected chi connectivity index (χ1v) is 6.00. The van der Waals surface area contributed by atoms with Crippen LogP contribution in [0, 0.1) is 12.7 Å². The predicted octanol–water partition coefficient (Wildman–Crippen LogP) is 1.20. The number of anilines is 1. The minimum atomic E-state index is -0.373. The second-order valence-electron chi connectivity index (χ2n) is 4.57. The number of aryl methyl sites for hydroxylation is 1. The number of imidazole rings is 1. The Morgan fingerprint density at radius 3 is 3.00 bits per heavy atom. The summed E-state index contributed by atoms with van der Waals surface area (Å²) >= 11 is 0. The van der Waals surface area contributed by atoms with Gasteiger partial charge in [-0.25, -0.2) is 9.37 Å². The number of H-pyrrole nitrogens is 1. The average molecular weight is 273 g/mol. The van der Waals surface area contributed by atoms with Gasteiger partial charge in [0.1, 0.15) is 5.82 Å². The fraction of sp³-hybridized carbons (Fsp3) is 0.154. The Kier molecular flexibility index (Phi) is 2.74. The Balaban J connectivity index is 2.09. The van der Waals surface area contributed by atoms with Crippen LogP contribution in [-0.4, -0.2) is 19.5 Å². The number of nitrogen functional groups attached to an aromatic ring is 1. The van der Waals surface area contributed by atoms with Gasteiger partial charge in [-0.05, 0) is 30.2 Å². The van der Waals surface area contributed by atoms with Gasteiger partial charge in [0.25, 0.3) is 5.56 Å². The number of nitrogens with zero attached hydrogens (tertiary/aromatic N) is 3. The second kappa shape index (κ2) is 4.44. The maximum Gasteiger partial charge on any atom is 0.280 e. The number of nitrogens with one attached hydrogen (secondary N) is 1. The average Bonchev–Trinajstić information content (AvgIpc) is 2.76. The largest absolute Gasteiger partial charge is 0.369 e. The zero-order chi connectivity index (χ0) is 14.3. The fourth-order valence-corrected chi connectivity index (χ4v) is 2.11. The van der Waals surface area contributed by atoms with Gasteiger partial charge in [0.2, 0.25) is 5.95 Å². The molecule has 0 aliphatic heterocycles. The second-order valence-corrected chi connectivity index (χ2v) is 4.57. The molecule has 0 saturated heterocycles. The van der Waals surface area contributed by atoms with Crippen molar-refractivity contribution in [3.63, 3.8) is 0 Å². The molecule has 0 saturated carbocycles. The minimum Gasteiger partial charge on any atom is -0.369 e. The van der Waals surface area contributed by atoms with Gasteiger partial charge >= 0.3 is 0 Å². The standard InChI is InChI=1S/C13H12FN5O/c1-7-4-9(14)3-2-8(7)5-19-6-16-10-11(19)17-13(15)18-12(10)20/h2-4,6H,5H2,1H3,(H3,15,17,18,20). The van der Waals surface area contributed by atoms with E-state index in [0.717, 1.165) is 11.1 Å². The van der Waals surface area contributed by atoms with E-state index < -0.39 is 0 Å². The van der Waals surface area contributed by atoms with Crippen LogP contribution in [0.5, 0.6) is 0 Å². The van der Waals surface area contributed by atoms with Crippen LogP contribution in [0.4, 0.5) is 10.3 Å². The molecule has 0 fully saturated rings. The van der Waals surface area contributed by atoms with Crippen molar-refractivity contribution in [1.29, 1.82) is 0 Å². The Labute approximate surface area is 113 Å². The lowest BCUT2D eigenvalue weighted by Crippen LogP contribution is -2.12. The van der Waals surface area contributed by atoms with Gasteiger partial charge in [-0.1, -0.05) is 6.07 Å². The van der Waals surface area contributed by atoms with E-state index >= 15 is 0 Å². The molecule has 102 valence electrons. The molecular weight excluding hydrogens is 261 g/mol. The van der Waals surface area contributed by atoms with Gasteiger partial charge in [-0.15, -0.1) is 0 Å². The van der Waals surface area contributed by atoms with Gasteiger partial charge in [0, 0.05) is 0 Å². The maximum absolute atomic E-state index is 13.1. The Morgan fingerprint density at radius 2 is 2.25 bits per heavy atom. The van der Waals surface area contributed by atoms with Crippen LogP contribution < -0.4 is 11.3 Å². The van der Waals surface area contributed by atoms with Crippen LogP contribution in [0.3, 0.4) is 0 Å². The molecule has 0 radical (unpaired) electrons. The van der Waals surface area contributed by atoms with E-state index in [1.165, 1.54) is 18.5 Å². The molecule has 0 aliphatic carbocycles. The first-order chi connectivity index (χ1) is 9.54. The molecule has 20 heavy (non-hydrogen) atoms. The monoisotopic (exact) mass is 273 g/mol. The Hall–Kier alpha value is -2.70. The van der Waals surface area contributed by atoms with Crippen molar-refractivity contribution in [3.05, 3.63) is 51.8 Å². The van der Waals surface area contributed by atoms with E-state index in [1.807, 2.05) is 6.92 Å². The zero-order valence-corrected chi connectivity index (χ0v) is 10.7. The number of aromatic amines is 1. The molecule has 0 spiro atoms. The first kappa shape index (κ1) is 12.3. The van der Waals surface area contributed by atoms with Crippen LogP contribution in [0.1, 0.15) is 11.1 Å². The maximum atomic E-state index is 13.1. The number of rotatable bonds is 2. The molecule has 3 N–H and O–H groups in total. The summed E-state index contributed by atoms with van der Waals surface area (Å²) in [6.45, 7) is 2.27. The van der Waals surface area contributed by atoms with Crippen LogP contribution in [0.15, 0.2) is 29.3 Å². The van der Waals surface area contributed by atoms with E-state index in [1.54, 1.807) is 10.6 Å². The SMILES string of the molecule is Cc1cc(F)ccc1Cn1cnc2c(=O)[nH]c(N)nc21. The highest BCUT2D eigenvalue weighted by Crippen LogP contribution is 2.14. The van der Waals surface area contributed by atoms with Crippen molar-refractivity contribution in [2.45, 2.75) is 13.5 Å². The molecule has 6 nitrogen and oxygen atoms in total. The topological polar surface area (TPSA) is 89.6 Å². The summed E-state index contributed by atoms with van der Waals surface area (Å²) in [5.74, 6) is -0.236. The van der Waals surface area contributed by atoms with Crippen LogP contribution in [-0.2, 0) is 6.54 Å². The highest BCUT2D eigenvalue weighted by atomic mass is 19.1. The lowest BCUT2D eigenvalue weighted by atomic mass is 10.1. The quantitative estimate of drug-likeness (QED) is 0.734. The number of halogens is 1. The summed E-state index contributed by atoms with van der Waals surface area (Å²) in [6, 6.07) is 4.56. The molecule has 1 aromatic carbocycles. The molecule has 2 heterocycles. The van der Waals surface area contributed by atoms with Gasteiger partial charge in [-0.3, -0.25) is 9.78 Å². The third-order valence-corrected chi connectivity index (χ3v) is 3.14. The van der Waals surface area contributed by atoms with Crippen molar-refractivity contribution in [1.82, 2.24) is 19.5 Å². The molecule has 0 unspecified atom stereocenters. The molecule has 7 heteroatoms. The van der Waals surface area contributed by atoms with Crippen molar-refractivity contribution < 1.29 is 4.39 Å². The molecule has 3 aromatic rings. The summed E-state index contributed by atoms with van der Waals surface area (Å²) in [4.78, 5) is 22.2. The van der Waals surface area contributed by atoms with E-state index in [-0.39, 0.29) is 22.8 Å². The molecular formula is C13H12FN5O. The molecule has 0 aliphatic rings. The third-order valence-electron chi connectivity index (χ3n) is 3.14. The predicted molar refractivity (Wildman–Crippen MR) is 72.8 cm³/mol. The first-order valence-electron chi connectivity index (χ1n) is 6.00. The fourth-order valence-electron chi connectivity index (χ4n) is 2.11. The van der Waals surface area contributed by atoms with Crippen molar-refractivity contribution >= 4 is 17.1 Å². The number of aromatic nitrogens is 4.